The van der Waals surface area contributed by atoms with Crippen LogP contribution in [0.2, 0.25) is 0 Å². The van der Waals surface area contributed by atoms with E-state index in [-0.39, 0.29) is 11.1 Å². The molecule has 1 heterocycles. The molecule has 0 atom stereocenters. The Morgan fingerprint density at radius 3 is 2.20 bits per heavy atom. The molecule has 52 valence electrons. The summed E-state index contributed by atoms with van der Waals surface area (Å²) in [6.45, 7) is 5.96. The lowest BCUT2D eigenvalue weighted by atomic mass is 9.97. The van der Waals surface area contributed by atoms with Gasteiger partial charge in [0.2, 0.25) is 5.89 Å². The summed E-state index contributed by atoms with van der Waals surface area (Å²) in [5.41, 5.74) is 0.0925. The van der Waals surface area contributed by atoms with Gasteiger partial charge in [0.1, 0.15) is 5.72 Å². The van der Waals surface area contributed by atoms with Crippen molar-refractivity contribution in [3.05, 3.63) is 5.89 Å². The van der Waals surface area contributed by atoms with E-state index in [2.05, 4.69) is 10.1 Å². The van der Waals surface area contributed by atoms with Gasteiger partial charge in [0.15, 0.2) is 7.85 Å². The third-order valence-electron chi connectivity index (χ3n) is 1.08. The van der Waals surface area contributed by atoms with Crippen LogP contribution in [0, 0.1) is 0 Å². The molecule has 0 amide bonds. The molecule has 0 aliphatic carbocycles. The Bertz CT molecular complexity index is 226. The average Bonchev–Trinajstić information content (AvgIpc) is 2.11. The van der Waals surface area contributed by atoms with Gasteiger partial charge in [0, 0.05) is 5.41 Å². The number of hydrogen-bond acceptors (Lipinski definition) is 3. The van der Waals surface area contributed by atoms with Gasteiger partial charge in [-0.15, -0.1) is 0 Å². The zero-order chi connectivity index (χ0) is 7.78. The van der Waals surface area contributed by atoms with E-state index in [0.717, 1.165) is 0 Å². The summed E-state index contributed by atoms with van der Waals surface area (Å²) in [7, 11) is 5.26. The van der Waals surface area contributed by atoms with Crippen LogP contribution in [0.3, 0.4) is 0 Å². The van der Waals surface area contributed by atoms with Crippen LogP contribution < -0.4 is 5.72 Å². The first kappa shape index (κ1) is 7.31. The second-order valence-electron chi connectivity index (χ2n) is 3.21. The van der Waals surface area contributed by atoms with Crippen LogP contribution in [-0.4, -0.2) is 18.0 Å². The molecule has 0 saturated carbocycles. The van der Waals surface area contributed by atoms with E-state index in [1.165, 1.54) is 0 Å². The van der Waals surface area contributed by atoms with E-state index in [0.29, 0.717) is 5.89 Å². The summed E-state index contributed by atoms with van der Waals surface area (Å²) in [6.07, 6.45) is 0. The highest BCUT2D eigenvalue weighted by atomic mass is 16.5. The smallest absolute Gasteiger partial charge is 0.231 e. The van der Waals surface area contributed by atoms with Gasteiger partial charge in [-0.05, 0) is 0 Å². The van der Waals surface area contributed by atoms with Crippen LogP contribution in [0.4, 0.5) is 0 Å². The summed E-state index contributed by atoms with van der Waals surface area (Å²) in [5.74, 6) is 0.574. The van der Waals surface area contributed by atoms with E-state index >= 15 is 0 Å². The fourth-order valence-corrected chi connectivity index (χ4v) is 0.539. The van der Waals surface area contributed by atoms with Gasteiger partial charge in [-0.2, -0.15) is 0 Å². The molecule has 0 fully saturated rings. The Labute approximate surface area is 61.2 Å². The second-order valence-corrected chi connectivity index (χ2v) is 3.21. The molecule has 0 spiro atoms. The van der Waals surface area contributed by atoms with Crippen LogP contribution in [-0.2, 0) is 5.41 Å². The summed E-state index contributed by atoms with van der Waals surface area (Å²) in [6, 6.07) is 0. The average molecular weight is 136 g/mol. The molecule has 0 saturated heterocycles. The van der Waals surface area contributed by atoms with Gasteiger partial charge >= 0.3 is 0 Å². The molecule has 0 unspecified atom stereocenters. The van der Waals surface area contributed by atoms with Gasteiger partial charge in [-0.25, -0.2) is 4.98 Å². The van der Waals surface area contributed by atoms with E-state index in [4.69, 9.17) is 12.4 Å². The lowest BCUT2D eigenvalue weighted by molar-refractivity contribution is 0.321. The minimum atomic E-state index is -0.107. The lowest BCUT2D eigenvalue weighted by Crippen LogP contribution is -2.14. The van der Waals surface area contributed by atoms with Crippen LogP contribution in [0.25, 0.3) is 0 Å². The molecule has 4 heteroatoms. The first-order valence-corrected chi connectivity index (χ1v) is 3.10. The zero-order valence-corrected chi connectivity index (χ0v) is 6.38. The number of aromatic nitrogens is 2. The monoisotopic (exact) mass is 136 g/mol. The van der Waals surface area contributed by atoms with Crippen LogP contribution in [0.15, 0.2) is 4.52 Å². The second kappa shape index (κ2) is 2.11. The quantitative estimate of drug-likeness (QED) is 0.477. The Kier molecular flexibility index (Phi) is 1.54. The molecule has 2 radical (unpaired) electrons. The third-order valence-corrected chi connectivity index (χ3v) is 1.08. The Morgan fingerprint density at radius 2 is 2.00 bits per heavy atom. The zero-order valence-electron chi connectivity index (χ0n) is 6.38. The Hall–Kier alpha value is -0.795. The minimum absolute atomic E-state index is 0.107. The van der Waals surface area contributed by atoms with Crippen molar-refractivity contribution in [1.82, 2.24) is 10.1 Å². The molecule has 3 nitrogen and oxygen atoms in total. The summed E-state index contributed by atoms with van der Waals surface area (Å²) >= 11 is 0. The predicted molar refractivity (Wildman–Crippen MR) is 38.4 cm³/mol. The molecule has 0 aliphatic heterocycles. The summed E-state index contributed by atoms with van der Waals surface area (Å²) in [5, 5.41) is 3.47. The maximum absolute atomic E-state index is 5.26. The highest BCUT2D eigenvalue weighted by molar-refractivity contribution is 6.28. The number of rotatable bonds is 0. The number of hydrogen-bond donors (Lipinski definition) is 0. The highest BCUT2D eigenvalue weighted by Crippen LogP contribution is 2.17. The number of nitrogens with zero attached hydrogens (tertiary/aromatic N) is 2. The maximum Gasteiger partial charge on any atom is 0.231 e. The van der Waals surface area contributed by atoms with E-state index in [1.54, 1.807) is 0 Å². The first-order chi connectivity index (χ1) is 4.50. The SMILES string of the molecule is [B]c1noc(C(C)(C)C)n1. The normalized spacial score (nSPS) is 11.9. The van der Waals surface area contributed by atoms with E-state index < -0.39 is 0 Å². The topological polar surface area (TPSA) is 38.9 Å². The van der Waals surface area contributed by atoms with Crippen molar-refractivity contribution in [1.29, 1.82) is 0 Å². The Morgan fingerprint density at radius 1 is 1.40 bits per heavy atom. The molecule has 1 aromatic heterocycles. The van der Waals surface area contributed by atoms with E-state index in [1.807, 2.05) is 20.8 Å². The molecule has 10 heavy (non-hydrogen) atoms. The molecule has 0 bridgehead atoms. The molecular weight excluding hydrogens is 127 g/mol. The summed E-state index contributed by atoms with van der Waals surface area (Å²) in [4.78, 5) is 3.88. The van der Waals surface area contributed by atoms with Gasteiger partial charge in [-0.1, -0.05) is 25.9 Å². The van der Waals surface area contributed by atoms with Crippen molar-refractivity contribution >= 4 is 13.6 Å². The van der Waals surface area contributed by atoms with Crippen molar-refractivity contribution in [2.75, 3.05) is 0 Å². The summed E-state index contributed by atoms with van der Waals surface area (Å²) < 4.78 is 4.84. The highest BCUT2D eigenvalue weighted by Gasteiger charge is 2.20. The standard InChI is InChI=1S/C6H9BN2O/c1-6(2,3)4-8-5(7)9-10-4/h1-3H3. The lowest BCUT2D eigenvalue weighted by Gasteiger charge is -2.10. The van der Waals surface area contributed by atoms with Crippen molar-refractivity contribution in [3.8, 4) is 0 Å². The molecule has 1 rings (SSSR count). The molecule has 0 aromatic carbocycles. The minimum Gasteiger partial charge on any atom is -0.340 e. The fraction of sp³-hybridized carbons (Fsp3) is 0.667. The molecule has 1 aromatic rings. The Balaban J connectivity index is 2.96. The first-order valence-electron chi connectivity index (χ1n) is 3.10. The van der Waals surface area contributed by atoms with Crippen molar-refractivity contribution in [2.24, 2.45) is 0 Å². The van der Waals surface area contributed by atoms with Crippen LogP contribution in [0.1, 0.15) is 26.7 Å². The van der Waals surface area contributed by atoms with E-state index in [9.17, 15) is 0 Å². The van der Waals surface area contributed by atoms with Gasteiger partial charge in [0.25, 0.3) is 0 Å². The van der Waals surface area contributed by atoms with Crippen molar-refractivity contribution in [3.63, 3.8) is 0 Å². The fourth-order valence-electron chi connectivity index (χ4n) is 0.539. The van der Waals surface area contributed by atoms with Gasteiger partial charge in [0.05, 0.1) is 0 Å². The predicted octanol–water partition coefficient (Wildman–Crippen LogP) is 0.161. The van der Waals surface area contributed by atoms with Crippen LogP contribution in [0.5, 0.6) is 0 Å². The largest absolute Gasteiger partial charge is 0.340 e. The van der Waals surface area contributed by atoms with Crippen molar-refractivity contribution < 1.29 is 4.52 Å². The molecule has 0 N–H and O–H groups in total. The van der Waals surface area contributed by atoms with Gasteiger partial charge < -0.3 is 4.52 Å². The van der Waals surface area contributed by atoms with Crippen molar-refractivity contribution in [2.45, 2.75) is 26.2 Å². The third kappa shape index (κ3) is 1.37. The maximum atomic E-state index is 5.26. The molecular formula is C6H9BN2O. The van der Waals surface area contributed by atoms with Crippen LogP contribution >= 0.6 is 0 Å². The van der Waals surface area contributed by atoms with Gasteiger partial charge in [-0.3, -0.25) is 0 Å². The molecule has 0 aliphatic rings.